The molecule has 0 aliphatic heterocycles. The molecule has 0 heterocycles. The van der Waals surface area contributed by atoms with Gasteiger partial charge in [0.05, 0.1) is 0 Å². The van der Waals surface area contributed by atoms with Gasteiger partial charge < -0.3 is 5.32 Å². The summed E-state index contributed by atoms with van der Waals surface area (Å²) in [5.41, 5.74) is 1.69. The number of anilines is 1. The smallest absolute Gasteiger partial charge is 0.385 e. The van der Waals surface area contributed by atoms with Crippen LogP contribution < -0.4 is 5.32 Å². The van der Waals surface area contributed by atoms with Gasteiger partial charge in [-0.3, -0.25) is 0 Å². The van der Waals surface area contributed by atoms with Crippen LogP contribution in [0.1, 0.15) is 18.4 Å². The van der Waals surface area contributed by atoms with Crippen molar-refractivity contribution >= 4 is 17.3 Å². The van der Waals surface area contributed by atoms with E-state index >= 15 is 0 Å². The molecule has 1 nitrogen and oxygen atoms in total. The first-order chi connectivity index (χ1) is 7.38. The van der Waals surface area contributed by atoms with Crippen molar-refractivity contribution in [3.05, 3.63) is 28.8 Å². The minimum absolute atomic E-state index is 0.0645. The molecule has 1 N–H and O–H groups in total. The first-order valence-corrected chi connectivity index (χ1v) is 5.33. The van der Waals surface area contributed by atoms with Crippen molar-refractivity contribution in [1.29, 1.82) is 0 Å². The number of alkyl halides is 3. The number of nitrogens with one attached hydrogen (secondary N) is 1. The fourth-order valence-corrected chi connectivity index (χ4v) is 1.40. The van der Waals surface area contributed by atoms with Crippen LogP contribution >= 0.6 is 11.6 Å². The number of benzene rings is 1. The standard InChI is InChI=1S/C11H13ClF3N/c1-8-3-4-9(7-10(8)12)16-6-2-5-11(13,14)15/h3-4,7,16H,2,5-6H2,1H3. The molecule has 0 radical (unpaired) electrons. The molecule has 90 valence electrons. The summed E-state index contributed by atoms with van der Waals surface area (Å²) in [6, 6.07) is 5.34. The molecule has 0 atom stereocenters. The zero-order valence-electron chi connectivity index (χ0n) is 8.87. The second kappa shape index (κ2) is 5.43. The van der Waals surface area contributed by atoms with Gasteiger partial charge in [0.15, 0.2) is 0 Å². The van der Waals surface area contributed by atoms with Crippen molar-refractivity contribution in [1.82, 2.24) is 0 Å². The second-order valence-electron chi connectivity index (χ2n) is 3.61. The molecule has 1 aromatic carbocycles. The molecule has 1 rings (SSSR count). The Hall–Kier alpha value is -0.900. The molecule has 0 saturated carbocycles. The molecule has 1 aromatic rings. The predicted molar refractivity (Wildman–Crippen MR) is 60.0 cm³/mol. The highest BCUT2D eigenvalue weighted by atomic mass is 35.5. The van der Waals surface area contributed by atoms with Crippen LogP contribution in [0.4, 0.5) is 18.9 Å². The third kappa shape index (κ3) is 4.75. The van der Waals surface area contributed by atoms with E-state index in [1.807, 2.05) is 13.0 Å². The van der Waals surface area contributed by atoms with Crippen LogP contribution in [0.25, 0.3) is 0 Å². The van der Waals surface area contributed by atoms with Gasteiger partial charge in [-0.2, -0.15) is 13.2 Å². The third-order valence-electron chi connectivity index (χ3n) is 2.14. The van der Waals surface area contributed by atoms with Gasteiger partial charge in [-0.15, -0.1) is 0 Å². The van der Waals surface area contributed by atoms with E-state index in [9.17, 15) is 13.2 Å². The zero-order chi connectivity index (χ0) is 12.2. The van der Waals surface area contributed by atoms with Gasteiger partial charge in [-0.1, -0.05) is 17.7 Å². The fourth-order valence-electron chi connectivity index (χ4n) is 1.22. The van der Waals surface area contributed by atoms with Crippen molar-refractivity contribution in [2.24, 2.45) is 0 Å². The van der Waals surface area contributed by atoms with Crippen LogP contribution in [-0.4, -0.2) is 12.7 Å². The minimum atomic E-state index is -4.08. The Morgan fingerprint density at radius 1 is 1.31 bits per heavy atom. The fraction of sp³-hybridized carbons (Fsp3) is 0.455. The lowest BCUT2D eigenvalue weighted by molar-refractivity contribution is -0.134. The van der Waals surface area contributed by atoms with E-state index in [-0.39, 0.29) is 6.42 Å². The van der Waals surface area contributed by atoms with Crippen molar-refractivity contribution in [2.45, 2.75) is 25.9 Å². The summed E-state index contributed by atoms with van der Waals surface area (Å²) in [6.07, 6.45) is -4.78. The average molecular weight is 252 g/mol. The minimum Gasteiger partial charge on any atom is -0.385 e. The lowest BCUT2D eigenvalue weighted by Gasteiger charge is -2.09. The molecule has 16 heavy (non-hydrogen) atoms. The predicted octanol–water partition coefficient (Wildman–Crippen LogP) is 4.40. The maximum absolute atomic E-state index is 11.8. The Kier molecular flexibility index (Phi) is 4.47. The van der Waals surface area contributed by atoms with Crippen LogP contribution in [0, 0.1) is 6.92 Å². The molecule has 0 aliphatic rings. The number of aryl methyl sites for hydroxylation is 1. The van der Waals surface area contributed by atoms with Gasteiger partial charge >= 0.3 is 6.18 Å². The number of hydrogen-bond donors (Lipinski definition) is 1. The quantitative estimate of drug-likeness (QED) is 0.782. The van der Waals surface area contributed by atoms with E-state index in [0.29, 0.717) is 11.6 Å². The molecular weight excluding hydrogens is 239 g/mol. The van der Waals surface area contributed by atoms with E-state index in [2.05, 4.69) is 5.32 Å². The van der Waals surface area contributed by atoms with Gasteiger partial charge in [-0.05, 0) is 31.0 Å². The molecule has 0 amide bonds. The van der Waals surface area contributed by atoms with E-state index in [0.717, 1.165) is 11.3 Å². The van der Waals surface area contributed by atoms with Gasteiger partial charge in [0.25, 0.3) is 0 Å². The largest absolute Gasteiger partial charge is 0.389 e. The number of rotatable bonds is 4. The van der Waals surface area contributed by atoms with Gasteiger partial charge in [0, 0.05) is 23.7 Å². The molecule has 0 saturated heterocycles. The highest BCUT2D eigenvalue weighted by molar-refractivity contribution is 6.31. The Morgan fingerprint density at radius 3 is 2.56 bits per heavy atom. The Labute approximate surface area is 97.6 Å². The van der Waals surface area contributed by atoms with E-state index in [1.165, 1.54) is 0 Å². The first-order valence-electron chi connectivity index (χ1n) is 4.95. The summed E-state index contributed by atoms with van der Waals surface area (Å²) >= 11 is 5.88. The van der Waals surface area contributed by atoms with Crippen molar-refractivity contribution in [3.63, 3.8) is 0 Å². The summed E-state index contributed by atoms with van der Waals surface area (Å²) in [7, 11) is 0. The lowest BCUT2D eigenvalue weighted by Crippen LogP contribution is -2.10. The van der Waals surface area contributed by atoms with E-state index in [4.69, 9.17) is 11.6 Å². The molecule has 0 unspecified atom stereocenters. The molecule has 0 bridgehead atoms. The highest BCUT2D eigenvalue weighted by Crippen LogP contribution is 2.22. The lowest BCUT2D eigenvalue weighted by atomic mass is 10.2. The van der Waals surface area contributed by atoms with Crippen LogP contribution in [-0.2, 0) is 0 Å². The summed E-state index contributed by atoms with van der Waals surface area (Å²) in [5, 5.41) is 3.51. The summed E-state index contributed by atoms with van der Waals surface area (Å²) in [4.78, 5) is 0. The van der Waals surface area contributed by atoms with Crippen LogP contribution in [0.2, 0.25) is 5.02 Å². The molecule has 0 fully saturated rings. The van der Waals surface area contributed by atoms with E-state index in [1.54, 1.807) is 12.1 Å². The normalized spacial score (nSPS) is 11.6. The Bertz CT molecular complexity index is 350. The SMILES string of the molecule is Cc1ccc(NCCCC(F)(F)F)cc1Cl. The van der Waals surface area contributed by atoms with Crippen LogP contribution in [0.15, 0.2) is 18.2 Å². The van der Waals surface area contributed by atoms with Crippen molar-refractivity contribution < 1.29 is 13.2 Å². The molecule has 5 heteroatoms. The first kappa shape index (κ1) is 13.2. The van der Waals surface area contributed by atoms with Gasteiger partial charge in [-0.25, -0.2) is 0 Å². The van der Waals surface area contributed by atoms with Crippen LogP contribution in [0.5, 0.6) is 0 Å². The topological polar surface area (TPSA) is 12.0 Å². The molecule has 0 aromatic heterocycles. The molecule has 0 aliphatic carbocycles. The second-order valence-corrected chi connectivity index (χ2v) is 4.02. The Morgan fingerprint density at radius 2 is 2.00 bits per heavy atom. The summed E-state index contributed by atoms with van der Waals surface area (Å²) in [6.45, 7) is 2.16. The zero-order valence-corrected chi connectivity index (χ0v) is 9.62. The third-order valence-corrected chi connectivity index (χ3v) is 2.55. The Balaban J connectivity index is 2.35. The van der Waals surface area contributed by atoms with Gasteiger partial charge in [0.1, 0.15) is 0 Å². The maximum atomic E-state index is 11.8. The average Bonchev–Trinajstić information content (AvgIpc) is 2.17. The molecular formula is C11H13ClF3N. The maximum Gasteiger partial charge on any atom is 0.389 e. The number of halogens is 4. The van der Waals surface area contributed by atoms with E-state index < -0.39 is 12.6 Å². The van der Waals surface area contributed by atoms with Gasteiger partial charge in [0.2, 0.25) is 0 Å². The molecule has 0 spiro atoms. The monoisotopic (exact) mass is 251 g/mol. The van der Waals surface area contributed by atoms with Crippen LogP contribution in [0.3, 0.4) is 0 Å². The summed E-state index contributed by atoms with van der Waals surface area (Å²) in [5.74, 6) is 0. The van der Waals surface area contributed by atoms with Crippen molar-refractivity contribution in [3.8, 4) is 0 Å². The summed E-state index contributed by atoms with van der Waals surface area (Å²) < 4.78 is 35.5. The van der Waals surface area contributed by atoms with Crippen molar-refractivity contribution in [2.75, 3.05) is 11.9 Å². The highest BCUT2D eigenvalue weighted by Gasteiger charge is 2.25. The number of hydrogen-bond acceptors (Lipinski definition) is 1.